The van der Waals surface area contributed by atoms with Gasteiger partial charge in [0.1, 0.15) is 16.7 Å². The number of ether oxygens (including phenoxy) is 1. The van der Waals surface area contributed by atoms with Gasteiger partial charge in [-0.1, -0.05) is 11.6 Å². The second-order valence-electron chi connectivity index (χ2n) is 3.41. The standard InChI is InChI=1S/C11H10BrClN4O/c1-18-8-4-6(2-3-7(8)12)15-10-5-9(13)16-11(14)17-10/h2-5H,1H3,(H3,14,15,16,17). The van der Waals surface area contributed by atoms with E-state index in [2.05, 4.69) is 31.2 Å². The van der Waals surface area contributed by atoms with Gasteiger partial charge in [0.25, 0.3) is 0 Å². The highest BCUT2D eigenvalue weighted by Gasteiger charge is 2.04. The molecule has 2 rings (SSSR count). The fourth-order valence-electron chi connectivity index (χ4n) is 1.38. The smallest absolute Gasteiger partial charge is 0.223 e. The van der Waals surface area contributed by atoms with Crippen LogP contribution in [0.3, 0.4) is 0 Å². The number of benzene rings is 1. The van der Waals surface area contributed by atoms with Crippen LogP contribution in [0.25, 0.3) is 0 Å². The van der Waals surface area contributed by atoms with Crippen LogP contribution in [-0.2, 0) is 0 Å². The maximum atomic E-state index is 5.80. The Morgan fingerprint density at radius 1 is 1.33 bits per heavy atom. The highest BCUT2D eigenvalue weighted by atomic mass is 79.9. The summed E-state index contributed by atoms with van der Waals surface area (Å²) in [7, 11) is 1.60. The zero-order valence-corrected chi connectivity index (χ0v) is 11.8. The number of halogens is 2. The van der Waals surface area contributed by atoms with Gasteiger partial charge in [-0.3, -0.25) is 0 Å². The molecule has 0 fully saturated rings. The maximum absolute atomic E-state index is 5.80. The number of rotatable bonds is 3. The van der Waals surface area contributed by atoms with Crippen LogP contribution in [0.4, 0.5) is 17.5 Å². The van der Waals surface area contributed by atoms with Gasteiger partial charge in [0.2, 0.25) is 5.95 Å². The number of nitrogen functional groups attached to an aromatic ring is 1. The van der Waals surface area contributed by atoms with E-state index in [9.17, 15) is 0 Å². The van der Waals surface area contributed by atoms with Gasteiger partial charge in [-0.05, 0) is 28.1 Å². The minimum atomic E-state index is 0.120. The van der Waals surface area contributed by atoms with Crippen LogP contribution < -0.4 is 15.8 Å². The number of anilines is 3. The molecule has 0 amide bonds. The van der Waals surface area contributed by atoms with Gasteiger partial charge in [0.05, 0.1) is 11.6 Å². The molecule has 0 radical (unpaired) electrons. The molecule has 0 aliphatic rings. The van der Waals surface area contributed by atoms with Gasteiger partial charge in [-0.25, -0.2) is 4.98 Å². The summed E-state index contributed by atoms with van der Waals surface area (Å²) in [6.45, 7) is 0. The maximum Gasteiger partial charge on any atom is 0.223 e. The fraction of sp³-hybridized carbons (Fsp3) is 0.0909. The number of hydrogen-bond donors (Lipinski definition) is 2. The Balaban J connectivity index is 2.28. The fourth-order valence-corrected chi connectivity index (χ4v) is 1.98. The molecule has 94 valence electrons. The van der Waals surface area contributed by atoms with Crippen molar-refractivity contribution >= 4 is 45.0 Å². The summed E-state index contributed by atoms with van der Waals surface area (Å²) in [6.07, 6.45) is 0. The SMILES string of the molecule is COc1cc(Nc2cc(Cl)nc(N)n2)ccc1Br. The molecule has 7 heteroatoms. The molecular weight excluding hydrogens is 320 g/mol. The molecule has 0 aliphatic heterocycles. The van der Waals surface area contributed by atoms with Crippen molar-refractivity contribution < 1.29 is 4.74 Å². The van der Waals surface area contributed by atoms with Crippen LogP contribution in [0.2, 0.25) is 5.15 Å². The third-order valence-electron chi connectivity index (χ3n) is 2.14. The number of nitrogens with two attached hydrogens (primary N) is 1. The Labute approximate surface area is 117 Å². The predicted octanol–water partition coefficient (Wildman–Crippen LogP) is 3.23. The molecule has 0 spiro atoms. The first kappa shape index (κ1) is 12.9. The van der Waals surface area contributed by atoms with Gasteiger partial charge in [-0.2, -0.15) is 4.98 Å². The van der Waals surface area contributed by atoms with Gasteiger partial charge >= 0.3 is 0 Å². The van der Waals surface area contributed by atoms with E-state index in [-0.39, 0.29) is 11.1 Å². The number of hydrogen-bond acceptors (Lipinski definition) is 5. The summed E-state index contributed by atoms with van der Waals surface area (Å²) < 4.78 is 6.07. The Morgan fingerprint density at radius 2 is 2.11 bits per heavy atom. The molecular formula is C11H10BrClN4O. The number of nitrogens with one attached hydrogen (secondary N) is 1. The average Bonchev–Trinajstić information content (AvgIpc) is 2.30. The quantitative estimate of drug-likeness (QED) is 0.846. The monoisotopic (exact) mass is 328 g/mol. The van der Waals surface area contributed by atoms with E-state index in [1.807, 2.05) is 18.2 Å². The summed E-state index contributed by atoms with van der Waals surface area (Å²) in [6, 6.07) is 7.16. The first-order chi connectivity index (χ1) is 8.58. The summed E-state index contributed by atoms with van der Waals surface area (Å²) in [5, 5.41) is 3.36. The van der Waals surface area contributed by atoms with Crippen LogP contribution >= 0.6 is 27.5 Å². The molecule has 1 aromatic carbocycles. The van der Waals surface area contributed by atoms with Crippen LogP contribution in [0.1, 0.15) is 0 Å². The van der Waals surface area contributed by atoms with Crippen LogP contribution in [0.5, 0.6) is 5.75 Å². The lowest BCUT2D eigenvalue weighted by molar-refractivity contribution is 0.412. The molecule has 0 saturated heterocycles. The minimum Gasteiger partial charge on any atom is -0.495 e. The Morgan fingerprint density at radius 3 is 2.78 bits per heavy atom. The van der Waals surface area contributed by atoms with Crippen molar-refractivity contribution in [2.75, 3.05) is 18.2 Å². The highest BCUT2D eigenvalue weighted by molar-refractivity contribution is 9.10. The first-order valence-electron chi connectivity index (χ1n) is 4.99. The third-order valence-corrected chi connectivity index (χ3v) is 2.98. The summed E-state index contributed by atoms with van der Waals surface area (Å²) in [5.74, 6) is 1.36. The molecule has 5 nitrogen and oxygen atoms in total. The molecule has 18 heavy (non-hydrogen) atoms. The van der Waals surface area contributed by atoms with E-state index in [0.29, 0.717) is 11.6 Å². The summed E-state index contributed by atoms with van der Waals surface area (Å²) in [5.41, 5.74) is 6.32. The predicted molar refractivity (Wildman–Crippen MR) is 75.4 cm³/mol. The Hall–Kier alpha value is -1.53. The lowest BCUT2D eigenvalue weighted by atomic mass is 10.3. The van der Waals surface area contributed by atoms with E-state index in [1.165, 1.54) is 0 Å². The molecule has 0 saturated carbocycles. The van der Waals surface area contributed by atoms with Gasteiger partial charge in [0, 0.05) is 17.8 Å². The average molecular weight is 330 g/mol. The number of nitrogens with zero attached hydrogens (tertiary/aromatic N) is 2. The van der Waals surface area contributed by atoms with Crippen LogP contribution in [0, 0.1) is 0 Å². The molecule has 2 aromatic rings. The van der Waals surface area contributed by atoms with Crippen molar-refractivity contribution in [3.63, 3.8) is 0 Å². The van der Waals surface area contributed by atoms with Crippen molar-refractivity contribution in [2.45, 2.75) is 0 Å². The largest absolute Gasteiger partial charge is 0.495 e. The van der Waals surface area contributed by atoms with Crippen LogP contribution in [-0.4, -0.2) is 17.1 Å². The van der Waals surface area contributed by atoms with Crippen molar-refractivity contribution in [3.05, 3.63) is 33.9 Å². The topological polar surface area (TPSA) is 73.1 Å². The van der Waals surface area contributed by atoms with E-state index < -0.39 is 0 Å². The Bertz CT molecular complexity index is 559. The van der Waals surface area contributed by atoms with E-state index in [1.54, 1.807) is 13.2 Å². The van der Waals surface area contributed by atoms with E-state index in [0.717, 1.165) is 10.2 Å². The highest BCUT2D eigenvalue weighted by Crippen LogP contribution is 2.29. The first-order valence-corrected chi connectivity index (χ1v) is 6.16. The second kappa shape index (κ2) is 5.41. The minimum absolute atomic E-state index is 0.120. The van der Waals surface area contributed by atoms with Crippen molar-refractivity contribution in [2.24, 2.45) is 0 Å². The number of methoxy groups -OCH3 is 1. The van der Waals surface area contributed by atoms with Gasteiger partial charge < -0.3 is 15.8 Å². The normalized spacial score (nSPS) is 10.2. The van der Waals surface area contributed by atoms with Crippen LogP contribution in [0.15, 0.2) is 28.7 Å². The van der Waals surface area contributed by atoms with Crippen molar-refractivity contribution in [1.82, 2.24) is 9.97 Å². The molecule has 1 aromatic heterocycles. The zero-order chi connectivity index (χ0) is 13.1. The Kier molecular flexibility index (Phi) is 3.88. The molecule has 0 aliphatic carbocycles. The lowest BCUT2D eigenvalue weighted by Gasteiger charge is -2.09. The van der Waals surface area contributed by atoms with Gasteiger partial charge in [-0.15, -0.1) is 0 Å². The summed E-state index contributed by atoms with van der Waals surface area (Å²) >= 11 is 9.18. The van der Waals surface area contributed by atoms with E-state index in [4.69, 9.17) is 22.1 Å². The number of aromatic nitrogens is 2. The van der Waals surface area contributed by atoms with E-state index >= 15 is 0 Å². The second-order valence-corrected chi connectivity index (χ2v) is 4.65. The molecule has 1 heterocycles. The molecule has 0 atom stereocenters. The zero-order valence-electron chi connectivity index (χ0n) is 9.45. The van der Waals surface area contributed by atoms with Crippen molar-refractivity contribution in [3.8, 4) is 5.75 Å². The molecule has 3 N–H and O–H groups in total. The van der Waals surface area contributed by atoms with Gasteiger partial charge in [0.15, 0.2) is 0 Å². The van der Waals surface area contributed by atoms with Crippen molar-refractivity contribution in [1.29, 1.82) is 0 Å². The summed E-state index contributed by atoms with van der Waals surface area (Å²) in [4.78, 5) is 7.81. The molecule has 0 unspecified atom stereocenters. The third kappa shape index (κ3) is 3.02. The molecule has 0 bridgehead atoms. The lowest BCUT2D eigenvalue weighted by Crippen LogP contribution is -2.00.